The van der Waals surface area contributed by atoms with Crippen LogP contribution in [0, 0.1) is 0 Å². The molecule has 4 heteroatoms. The van der Waals surface area contributed by atoms with Crippen LogP contribution in [0.15, 0.2) is 24.3 Å². The van der Waals surface area contributed by atoms with E-state index in [2.05, 4.69) is 31.1 Å². The molecule has 1 rings (SSSR count). The summed E-state index contributed by atoms with van der Waals surface area (Å²) in [6, 6.07) is 8.12. The Morgan fingerprint density at radius 1 is 1.37 bits per heavy atom. The standard InChI is InChI=1S/C15H25N3O/c1-12(2)18(3)11-10-17-15(19)14-7-5-4-6-13(14)8-9-16/h4-7,12H,8-11,16H2,1-3H3,(H,17,19). The van der Waals surface area contributed by atoms with Gasteiger partial charge in [0, 0.05) is 24.7 Å². The van der Waals surface area contributed by atoms with Crippen LogP contribution in [0.3, 0.4) is 0 Å². The number of likely N-dealkylation sites (N-methyl/N-ethyl adjacent to an activating group) is 1. The number of carbonyl (C=O) groups excluding carboxylic acids is 1. The Morgan fingerprint density at radius 2 is 2.05 bits per heavy atom. The second kappa shape index (κ2) is 7.92. The lowest BCUT2D eigenvalue weighted by molar-refractivity contribution is 0.0947. The van der Waals surface area contributed by atoms with E-state index in [1.54, 1.807) is 0 Å². The molecule has 0 saturated carbocycles. The molecule has 0 aliphatic rings. The van der Waals surface area contributed by atoms with Crippen molar-refractivity contribution in [3.05, 3.63) is 35.4 Å². The minimum absolute atomic E-state index is 0.0128. The summed E-state index contributed by atoms with van der Waals surface area (Å²) in [6.45, 7) is 6.34. The van der Waals surface area contributed by atoms with Gasteiger partial charge >= 0.3 is 0 Å². The summed E-state index contributed by atoms with van der Waals surface area (Å²) in [7, 11) is 2.05. The third kappa shape index (κ3) is 5.01. The molecule has 0 aromatic heterocycles. The smallest absolute Gasteiger partial charge is 0.251 e. The van der Waals surface area contributed by atoms with Gasteiger partial charge in [0.15, 0.2) is 0 Å². The van der Waals surface area contributed by atoms with E-state index in [0.717, 1.165) is 24.1 Å². The third-order valence-corrected chi connectivity index (χ3v) is 3.31. The van der Waals surface area contributed by atoms with Crippen LogP contribution < -0.4 is 11.1 Å². The second-order valence-electron chi connectivity index (χ2n) is 5.03. The number of rotatable bonds is 7. The Labute approximate surface area is 116 Å². The topological polar surface area (TPSA) is 58.4 Å². The highest BCUT2D eigenvalue weighted by Gasteiger charge is 2.10. The van der Waals surface area contributed by atoms with Gasteiger partial charge < -0.3 is 16.0 Å². The van der Waals surface area contributed by atoms with Crippen LogP contribution in [0.2, 0.25) is 0 Å². The molecule has 106 valence electrons. The Kier molecular flexibility index (Phi) is 6.53. The van der Waals surface area contributed by atoms with E-state index < -0.39 is 0 Å². The van der Waals surface area contributed by atoms with Crippen LogP contribution in [-0.2, 0) is 6.42 Å². The SMILES string of the molecule is CC(C)N(C)CCNC(=O)c1ccccc1CCN. The second-order valence-corrected chi connectivity index (χ2v) is 5.03. The molecule has 0 heterocycles. The molecule has 0 fully saturated rings. The van der Waals surface area contributed by atoms with Crippen LogP contribution in [0.25, 0.3) is 0 Å². The van der Waals surface area contributed by atoms with E-state index >= 15 is 0 Å². The number of hydrogen-bond donors (Lipinski definition) is 2. The fraction of sp³-hybridized carbons (Fsp3) is 0.533. The first-order valence-electron chi connectivity index (χ1n) is 6.82. The summed E-state index contributed by atoms with van der Waals surface area (Å²) < 4.78 is 0. The Hall–Kier alpha value is -1.39. The monoisotopic (exact) mass is 263 g/mol. The molecule has 0 atom stereocenters. The van der Waals surface area contributed by atoms with E-state index in [1.165, 1.54) is 0 Å². The molecule has 0 spiro atoms. The summed E-state index contributed by atoms with van der Waals surface area (Å²) in [5.74, 6) is -0.0128. The van der Waals surface area contributed by atoms with Gasteiger partial charge in [0.2, 0.25) is 0 Å². The quantitative estimate of drug-likeness (QED) is 0.778. The van der Waals surface area contributed by atoms with Crippen LogP contribution in [0.5, 0.6) is 0 Å². The molecular weight excluding hydrogens is 238 g/mol. The van der Waals surface area contributed by atoms with Crippen molar-refractivity contribution in [2.24, 2.45) is 5.73 Å². The molecule has 3 N–H and O–H groups in total. The fourth-order valence-electron chi connectivity index (χ4n) is 1.81. The molecule has 19 heavy (non-hydrogen) atoms. The van der Waals surface area contributed by atoms with Crippen molar-refractivity contribution in [3.63, 3.8) is 0 Å². The number of amides is 1. The maximum atomic E-state index is 12.1. The van der Waals surface area contributed by atoms with E-state index in [4.69, 9.17) is 5.73 Å². The van der Waals surface area contributed by atoms with Crippen LogP contribution in [0.4, 0.5) is 0 Å². The van der Waals surface area contributed by atoms with Crippen molar-refractivity contribution < 1.29 is 4.79 Å². The third-order valence-electron chi connectivity index (χ3n) is 3.31. The summed E-state index contributed by atoms with van der Waals surface area (Å²) in [5, 5.41) is 2.96. The molecule has 1 aromatic rings. The summed E-state index contributed by atoms with van der Waals surface area (Å²) in [6.07, 6.45) is 0.732. The molecule has 4 nitrogen and oxygen atoms in total. The first-order chi connectivity index (χ1) is 9.06. The number of nitrogens with zero attached hydrogens (tertiary/aromatic N) is 1. The van der Waals surface area contributed by atoms with Crippen molar-refractivity contribution in [1.29, 1.82) is 0 Å². The van der Waals surface area contributed by atoms with Gasteiger partial charge in [-0.05, 0) is 45.5 Å². The number of nitrogens with two attached hydrogens (primary N) is 1. The largest absolute Gasteiger partial charge is 0.351 e. The zero-order valence-corrected chi connectivity index (χ0v) is 12.1. The molecular formula is C15H25N3O. The van der Waals surface area contributed by atoms with Crippen molar-refractivity contribution in [3.8, 4) is 0 Å². The van der Waals surface area contributed by atoms with Crippen LogP contribution >= 0.6 is 0 Å². The van der Waals surface area contributed by atoms with Gasteiger partial charge in [-0.2, -0.15) is 0 Å². The van der Waals surface area contributed by atoms with Crippen molar-refractivity contribution >= 4 is 5.91 Å². The molecule has 0 unspecified atom stereocenters. The molecule has 0 bridgehead atoms. The van der Waals surface area contributed by atoms with Gasteiger partial charge in [0.25, 0.3) is 5.91 Å². The average Bonchev–Trinajstić information content (AvgIpc) is 2.39. The van der Waals surface area contributed by atoms with E-state index in [9.17, 15) is 4.79 Å². The summed E-state index contributed by atoms with van der Waals surface area (Å²) in [4.78, 5) is 14.3. The van der Waals surface area contributed by atoms with Gasteiger partial charge in [-0.3, -0.25) is 4.79 Å². The molecule has 1 aromatic carbocycles. The Balaban J connectivity index is 2.54. The first-order valence-corrected chi connectivity index (χ1v) is 6.82. The number of nitrogens with one attached hydrogen (secondary N) is 1. The predicted molar refractivity (Wildman–Crippen MR) is 79.3 cm³/mol. The Morgan fingerprint density at radius 3 is 2.68 bits per heavy atom. The van der Waals surface area contributed by atoms with Gasteiger partial charge in [-0.1, -0.05) is 18.2 Å². The van der Waals surface area contributed by atoms with Gasteiger partial charge in [-0.25, -0.2) is 0 Å². The highest BCUT2D eigenvalue weighted by atomic mass is 16.1. The minimum Gasteiger partial charge on any atom is -0.351 e. The molecule has 0 aliphatic carbocycles. The van der Waals surface area contributed by atoms with Crippen molar-refractivity contribution in [2.45, 2.75) is 26.3 Å². The Bertz CT molecular complexity index is 404. The molecule has 0 radical (unpaired) electrons. The maximum absolute atomic E-state index is 12.1. The minimum atomic E-state index is -0.0128. The zero-order chi connectivity index (χ0) is 14.3. The lowest BCUT2D eigenvalue weighted by Crippen LogP contribution is -2.36. The van der Waals surface area contributed by atoms with Crippen LogP contribution in [0.1, 0.15) is 29.8 Å². The van der Waals surface area contributed by atoms with Crippen molar-refractivity contribution in [2.75, 3.05) is 26.7 Å². The van der Waals surface area contributed by atoms with Crippen LogP contribution in [-0.4, -0.2) is 43.5 Å². The molecule has 0 saturated heterocycles. The van der Waals surface area contributed by atoms with Crippen molar-refractivity contribution in [1.82, 2.24) is 10.2 Å². The fourth-order valence-corrected chi connectivity index (χ4v) is 1.81. The van der Waals surface area contributed by atoms with Gasteiger partial charge in [0.1, 0.15) is 0 Å². The highest BCUT2D eigenvalue weighted by molar-refractivity contribution is 5.95. The normalized spacial score (nSPS) is 11.1. The number of benzene rings is 1. The lowest BCUT2D eigenvalue weighted by Gasteiger charge is -2.21. The molecule has 1 amide bonds. The lowest BCUT2D eigenvalue weighted by atomic mass is 10.0. The van der Waals surface area contributed by atoms with Gasteiger partial charge in [0.05, 0.1) is 0 Å². The number of hydrogen-bond acceptors (Lipinski definition) is 3. The summed E-state index contributed by atoms with van der Waals surface area (Å²) in [5.41, 5.74) is 7.31. The predicted octanol–water partition coefficient (Wildman–Crippen LogP) is 1.26. The average molecular weight is 263 g/mol. The maximum Gasteiger partial charge on any atom is 0.251 e. The van der Waals surface area contributed by atoms with E-state index in [0.29, 0.717) is 19.1 Å². The summed E-state index contributed by atoms with van der Waals surface area (Å²) >= 11 is 0. The highest BCUT2D eigenvalue weighted by Crippen LogP contribution is 2.08. The van der Waals surface area contributed by atoms with E-state index in [-0.39, 0.29) is 5.91 Å². The molecule has 0 aliphatic heterocycles. The number of carbonyl (C=O) groups is 1. The zero-order valence-electron chi connectivity index (χ0n) is 12.1. The first kappa shape index (κ1) is 15.7. The van der Waals surface area contributed by atoms with Gasteiger partial charge in [-0.15, -0.1) is 0 Å². The van der Waals surface area contributed by atoms with E-state index in [1.807, 2.05) is 24.3 Å².